The zero-order chi connectivity index (χ0) is 13.3. The van der Waals surface area contributed by atoms with E-state index in [1.165, 1.54) is 25.0 Å². The van der Waals surface area contributed by atoms with E-state index in [2.05, 4.69) is 47.1 Å². The maximum absolute atomic E-state index is 4.37. The van der Waals surface area contributed by atoms with Crippen LogP contribution in [0.4, 0.5) is 0 Å². The first-order valence-corrected chi connectivity index (χ1v) is 7.67. The average Bonchev–Trinajstić information content (AvgIpc) is 2.80. The van der Waals surface area contributed by atoms with Gasteiger partial charge in [-0.05, 0) is 46.6 Å². The van der Waals surface area contributed by atoms with Gasteiger partial charge in [-0.2, -0.15) is 5.10 Å². The molecule has 1 aliphatic rings. The molecule has 1 N–H and O–H groups in total. The molecule has 4 heteroatoms. The van der Waals surface area contributed by atoms with Gasteiger partial charge in [0.15, 0.2) is 0 Å². The van der Waals surface area contributed by atoms with Crippen molar-refractivity contribution in [1.29, 1.82) is 0 Å². The second-order valence-corrected chi connectivity index (χ2v) is 6.88. The van der Waals surface area contributed by atoms with Crippen LogP contribution in [0.1, 0.15) is 51.8 Å². The maximum atomic E-state index is 4.37. The zero-order valence-electron chi connectivity index (χ0n) is 11.8. The Morgan fingerprint density at radius 3 is 2.78 bits per heavy atom. The molecule has 2 rings (SSSR count). The number of nitrogens with zero attached hydrogens (tertiary/aromatic N) is 2. The van der Waals surface area contributed by atoms with Crippen LogP contribution < -0.4 is 5.32 Å². The first-order chi connectivity index (χ1) is 8.47. The fourth-order valence-electron chi connectivity index (χ4n) is 3.39. The molecule has 0 aromatic carbocycles. The predicted molar refractivity (Wildman–Crippen MR) is 78.4 cm³/mol. The minimum absolute atomic E-state index is 0.398. The number of aryl methyl sites for hydroxylation is 1. The van der Waals surface area contributed by atoms with Gasteiger partial charge in [0.05, 0.1) is 22.4 Å². The number of aromatic nitrogens is 2. The lowest BCUT2D eigenvalue weighted by molar-refractivity contribution is 0.193. The highest BCUT2D eigenvalue weighted by atomic mass is 79.9. The van der Waals surface area contributed by atoms with Crippen LogP contribution in [0.25, 0.3) is 0 Å². The smallest absolute Gasteiger partial charge is 0.0695 e. The van der Waals surface area contributed by atoms with Crippen LogP contribution in [-0.2, 0) is 7.05 Å². The molecule has 102 valence electrons. The molecule has 0 bridgehead atoms. The van der Waals surface area contributed by atoms with Crippen molar-refractivity contribution in [3.8, 4) is 0 Å². The van der Waals surface area contributed by atoms with E-state index in [0.29, 0.717) is 17.4 Å². The van der Waals surface area contributed by atoms with E-state index in [-0.39, 0.29) is 0 Å². The Morgan fingerprint density at radius 1 is 1.61 bits per heavy atom. The SMILES string of the molecule is CCNC(c1c(Br)cnn1C)C1CCCC1(C)C. The van der Waals surface area contributed by atoms with Crippen LogP contribution in [0.15, 0.2) is 10.7 Å². The lowest BCUT2D eigenvalue weighted by Gasteiger charge is -2.35. The molecular weight excluding hydrogens is 290 g/mol. The molecule has 2 atom stereocenters. The highest BCUT2D eigenvalue weighted by Gasteiger charge is 2.41. The normalized spacial score (nSPS) is 24.4. The average molecular weight is 314 g/mol. The molecule has 1 aromatic heterocycles. The van der Waals surface area contributed by atoms with Gasteiger partial charge in [0.25, 0.3) is 0 Å². The molecule has 3 nitrogen and oxygen atoms in total. The molecule has 1 saturated carbocycles. The number of hydrogen-bond donors (Lipinski definition) is 1. The Kier molecular flexibility index (Phi) is 4.17. The summed E-state index contributed by atoms with van der Waals surface area (Å²) in [5.41, 5.74) is 1.70. The Morgan fingerprint density at radius 2 is 2.33 bits per heavy atom. The molecule has 18 heavy (non-hydrogen) atoms. The van der Waals surface area contributed by atoms with Gasteiger partial charge in [-0.1, -0.05) is 27.2 Å². The summed E-state index contributed by atoms with van der Waals surface area (Å²) in [6.07, 6.45) is 5.88. The third-order valence-corrected chi connectivity index (χ3v) is 5.01. The molecule has 0 saturated heterocycles. The summed E-state index contributed by atoms with van der Waals surface area (Å²) >= 11 is 3.65. The fourth-order valence-corrected chi connectivity index (χ4v) is 3.99. The Bertz CT molecular complexity index is 392. The summed E-state index contributed by atoms with van der Waals surface area (Å²) in [5, 5.41) is 8.04. The van der Waals surface area contributed by atoms with Gasteiger partial charge in [0, 0.05) is 7.05 Å². The Labute approximate surface area is 118 Å². The summed E-state index contributed by atoms with van der Waals surface area (Å²) in [4.78, 5) is 0. The monoisotopic (exact) mass is 313 g/mol. The van der Waals surface area contributed by atoms with Crippen molar-refractivity contribution in [2.45, 2.75) is 46.1 Å². The van der Waals surface area contributed by atoms with Gasteiger partial charge >= 0.3 is 0 Å². The van der Waals surface area contributed by atoms with Gasteiger partial charge in [-0.3, -0.25) is 4.68 Å². The minimum atomic E-state index is 0.398. The van der Waals surface area contributed by atoms with Crippen LogP contribution in [0.3, 0.4) is 0 Å². The minimum Gasteiger partial charge on any atom is -0.309 e. The van der Waals surface area contributed by atoms with E-state index in [4.69, 9.17) is 0 Å². The van der Waals surface area contributed by atoms with Crippen molar-refractivity contribution in [2.24, 2.45) is 18.4 Å². The van der Waals surface area contributed by atoms with Crippen molar-refractivity contribution >= 4 is 15.9 Å². The van der Waals surface area contributed by atoms with Gasteiger partial charge in [-0.25, -0.2) is 0 Å². The molecule has 0 amide bonds. The largest absolute Gasteiger partial charge is 0.309 e. The summed E-state index contributed by atoms with van der Waals surface area (Å²) in [6, 6.07) is 0.398. The summed E-state index contributed by atoms with van der Waals surface area (Å²) in [7, 11) is 2.03. The topological polar surface area (TPSA) is 29.9 Å². The third-order valence-electron chi connectivity index (χ3n) is 4.40. The van der Waals surface area contributed by atoms with E-state index in [9.17, 15) is 0 Å². The van der Waals surface area contributed by atoms with Gasteiger partial charge < -0.3 is 5.32 Å². The second-order valence-electron chi connectivity index (χ2n) is 6.02. The van der Waals surface area contributed by atoms with Crippen molar-refractivity contribution in [2.75, 3.05) is 6.54 Å². The van der Waals surface area contributed by atoms with Gasteiger partial charge in [0.1, 0.15) is 0 Å². The molecule has 0 radical (unpaired) electrons. The highest BCUT2D eigenvalue weighted by Crippen LogP contribution is 2.49. The van der Waals surface area contributed by atoms with Crippen molar-refractivity contribution in [3.63, 3.8) is 0 Å². The van der Waals surface area contributed by atoms with Crippen LogP contribution in [-0.4, -0.2) is 16.3 Å². The van der Waals surface area contributed by atoms with E-state index in [1.54, 1.807) is 0 Å². The first-order valence-electron chi connectivity index (χ1n) is 6.88. The molecule has 2 unspecified atom stereocenters. The molecule has 0 aliphatic heterocycles. The quantitative estimate of drug-likeness (QED) is 0.919. The molecule has 1 aliphatic carbocycles. The van der Waals surface area contributed by atoms with Gasteiger partial charge in [0.2, 0.25) is 0 Å². The molecular formula is C14H24BrN3. The lowest BCUT2D eigenvalue weighted by atomic mass is 9.76. The predicted octanol–water partition coefficient (Wildman–Crippen LogP) is 3.66. The number of rotatable bonds is 4. The number of nitrogens with one attached hydrogen (secondary N) is 1. The standard InChI is InChI=1S/C14H24BrN3/c1-5-16-12(10-7-6-8-14(10,2)3)13-11(15)9-17-18(13)4/h9-10,12,16H,5-8H2,1-4H3. The van der Waals surface area contributed by atoms with E-state index < -0.39 is 0 Å². The second kappa shape index (κ2) is 5.33. The molecule has 1 aromatic rings. The fraction of sp³-hybridized carbons (Fsp3) is 0.786. The summed E-state index contributed by atoms with van der Waals surface area (Å²) in [5.74, 6) is 0.684. The van der Waals surface area contributed by atoms with E-state index in [0.717, 1.165) is 11.0 Å². The molecule has 0 spiro atoms. The molecule has 1 heterocycles. The Hall–Kier alpha value is -0.350. The van der Waals surface area contributed by atoms with E-state index >= 15 is 0 Å². The van der Waals surface area contributed by atoms with Crippen LogP contribution in [0, 0.1) is 11.3 Å². The van der Waals surface area contributed by atoms with Crippen LogP contribution >= 0.6 is 15.9 Å². The highest BCUT2D eigenvalue weighted by molar-refractivity contribution is 9.10. The van der Waals surface area contributed by atoms with Gasteiger partial charge in [-0.15, -0.1) is 0 Å². The summed E-state index contributed by atoms with van der Waals surface area (Å²) in [6.45, 7) is 7.98. The van der Waals surface area contributed by atoms with Crippen LogP contribution in [0.2, 0.25) is 0 Å². The zero-order valence-corrected chi connectivity index (χ0v) is 13.4. The first kappa shape index (κ1) is 14.1. The molecule has 1 fully saturated rings. The van der Waals surface area contributed by atoms with Crippen LogP contribution in [0.5, 0.6) is 0 Å². The summed E-state index contributed by atoms with van der Waals surface area (Å²) < 4.78 is 3.13. The Balaban J connectivity index is 2.34. The van der Waals surface area contributed by atoms with Crippen molar-refractivity contribution < 1.29 is 0 Å². The van der Waals surface area contributed by atoms with E-state index in [1.807, 2.05) is 17.9 Å². The lowest BCUT2D eigenvalue weighted by Crippen LogP contribution is -2.35. The third kappa shape index (κ3) is 2.50. The number of halogens is 1. The van der Waals surface area contributed by atoms with Crippen molar-refractivity contribution in [1.82, 2.24) is 15.1 Å². The maximum Gasteiger partial charge on any atom is 0.0695 e. The van der Waals surface area contributed by atoms with Crippen molar-refractivity contribution in [3.05, 3.63) is 16.4 Å². The number of hydrogen-bond acceptors (Lipinski definition) is 2.